The number of hydrogen-bond donors (Lipinski definition) is 1. The summed E-state index contributed by atoms with van der Waals surface area (Å²) in [5, 5.41) is 0. The average molecular weight is 351 g/mol. The standard InChI is InChI=1S/C15H19BrN4O/c1-21-14-3-2-11(16)8-12(14)13(9-17)20-7-6-19-5-4-18-15(19)10-20/h2-5,8,13H,6-7,9-10,17H2,1H3. The highest BCUT2D eigenvalue weighted by Gasteiger charge is 2.26. The summed E-state index contributed by atoms with van der Waals surface area (Å²) >= 11 is 3.54. The van der Waals surface area contributed by atoms with Gasteiger partial charge >= 0.3 is 0 Å². The third-order valence-electron chi connectivity index (χ3n) is 3.99. The molecule has 0 bridgehead atoms. The lowest BCUT2D eigenvalue weighted by Gasteiger charge is -2.35. The van der Waals surface area contributed by atoms with Crippen LogP contribution in [-0.4, -0.2) is 34.7 Å². The van der Waals surface area contributed by atoms with E-state index in [1.807, 2.05) is 24.5 Å². The predicted molar refractivity (Wildman–Crippen MR) is 85.1 cm³/mol. The van der Waals surface area contributed by atoms with Gasteiger partial charge in [-0.05, 0) is 18.2 Å². The molecule has 0 aliphatic carbocycles. The molecular formula is C15H19BrN4O. The van der Waals surface area contributed by atoms with Crippen LogP contribution in [0.2, 0.25) is 0 Å². The first kappa shape index (κ1) is 14.6. The Balaban J connectivity index is 1.91. The summed E-state index contributed by atoms with van der Waals surface area (Å²) in [6.07, 6.45) is 3.89. The van der Waals surface area contributed by atoms with E-state index in [2.05, 4.69) is 36.4 Å². The van der Waals surface area contributed by atoms with Gasteiger partial charge in [0.2, 0.25) is 0 Å². The minimum absolute atomic E-state index is 0.128. The highest BCUT2D eigenvalue weighted by molar-refractivity contribution is 9.10. The number of benzene rings is 1. The number of ether oxygens (including phenoxy) is 1. The quantitative estimate of drug-likeness (QED) is 0.917. The van der Waals surface area contributed by atoms with Crippen molar-refractivity contribution in [1.82, 2.24) is 14.5 Å². The van der Waals surface area contributed by atoms with E-state index in [0.717, 1.165) is 41.2 Å². The zero-order valence-corrected chi connectivity index (χ0v) is 13.6. The van der Waals surface area contributed by atoms with E-state index < -0.39 is 0 Å². The van der Waals surface area contributed by atoms with E-state index in [1.54, 1.807) is 7.11 Å². The van der Waals surface area contributed by atoms with Gasteiger partial charge in [0.15, 0.2) is 0 Å². The monoisotopic (exact) mass is 350 g/mol. The maximum Gasteiger partial charge on any atom is 0.123 e. The summed E-state index contributed by atoms with van der Waals surface area (Å²) in [5.41, 5.74) is 7.18. The Morgan fingerprint density at radius 2 is 2.29 bits per heavy atom. The van der Waals surface area contributed by atoms with Crippen LogP contribution < -0.4 is 10.5 Å². The van der Waals surface area contributed by atoms with Crippen molar-refractivity contribution < 1.29 is 4.74 Å². The Kier molecular flexibility index (Phi) is 4.28. The van der Waals surface area contributed by atoms with E-state index in [-0.39, 0.29) is 6.04 Å². The first-order valence-electron chi connectivity index (χ1n) is 7.00. The predicted octanol–water partition coefficient (Wildman–Crippen LogP) is 2.17. The molecule has 0 saturated carbocycles. The van der Waals surface area contributed by atoms with Crippen LogP contribution in [-0.2, 0) is 13.1 Å². The molecule has 2 N–H and O–H groups in total. The molecule has 0 amide bonds. The second-order valence-corrected chi connectivity index (χ2v) is 6.06. The van der Waals surface area contributed by atoms with Gasteiger partial charge in [-0.15, -0.1) is 0 Å². The molecule has 1 aliphatic rings. The van der Waals surface area contributed by atoms with Gasteiger partial charge in [0.25, 0.3) is 0 Å². The number of halogens is 1. The third-order valence-corrected chi connectivity index (χ3v) is 4.48. The van der Waals surface area contributed by atoms with Crippen LogP contribution in [0.25, 0.3) is 0 Å². The molecule has 21 heavy (non-hydrogen) atoms. The number of methoxy groups -OCH3 is 1. The minimum atomic E-state index is 0.128. The van der Waals surface area contributed by atoms with Crippen molar-refractivity contribution in [2.45, 2.75) is 19.1 Å². The lowest BCUT2D eigenvalue weighted by Crippen LogP contribution is -2.39. The molecule has 1 unspecified atom stereocenters. The van der Waals surface area contributed by atoms with Gasteiger partial charge in [-0.25, -0.2) is 4.98 Å². The molecule has 0 radical (unpaired) electrons. The summed E-state index contributed by atoms with van der Waals surface area (Å²) in [7, 11) is 1.70. The van der Waals surface area contributed by atoms with Crippen LogP contribution in [0.5, 0.6) is 5.75 Å². The Hall–Kier alpha value is -1.37. The van der Waals surface area contributed by atoms with Crippen molar-refractivity contribution in [2.75, 3.05) is 20.2 Å². The number of aromatic nitrogens is 2. The molecule has 1 aliphatic heterocycles. The number of nitrogens with two attached hydrogens (primary N) is 1. The summed E-state index contributed by atoms with van der Waals surface area (Å²) < 4.78 is 8.74. The number of imidazole rings is 1. The molecule has 2 aromatic rings. The van der Waals surface area contributed by atoms with Crippen LogP contribution in [0.1, 0.15) is 17.4 Å². The van der Waals surface area contributed by atoms with Gasteiger partial charge in [0.1, 0.15) is 11.6 Å². The fraction of sp³-hybridized carbons (Fsp3) is 0.400. The number of rotatable bonds is 4. The summed E-state index contributed by atoms with van der Waals surface area (Å²) in [6.45, 7) is 3.26. The number of hydrogen-bond acceptors (Lipinski definition) is 4. The van der Waals surface area contributed by atoms with E-state index in [0.29, 0.717) is 6.54 Å². The van der Waals surface area contributed by atoms with Crippen molar-refractivity contribution in [3.05, 3.63) is 46.5 Å². The van der Waals surface area contributed by atoms with Gasteiger partial charge in [-0.2, -0.15) is 0 Å². The van der Waals surface area contributed by atoms with Crippen LogP contribution in [0, 0.1) is 0 Å². The van der Waals surface area contributed by atoms with Crippen LogP contribution >= 0.6 is 15.9 Å². The maximum absolute atomic E-state index is 6.06. The fourth-order valence-corrected chi connectivity index (χ4v) is 3.28. The number of nitrogens with zero attached hydrogens (tertiary/aromatic N) is 3. The minimum Gasteiger partial charge on any atom is -0.496 e. The molecule has 6 heteroatoms. The first-order valence-corrected chi connectivity index (χ1v) is 7.79. The highest BCUT2D eigenvalue weighted by atomic mass is 79.9. The van der Waals surface area contributed by atoms with E-state index >= 15 is 0 Å². The largest absolute Gasteiger partial charge is 0.496 e. The second-order valence-electron chi connectivity index (χ2n) is 5.15. The molecule has 2 heterocycles. The zero-order chi connectivity index (χ0) is 14.8. The van der Waals surface area contributed by atoms with E-state index in [1.165, 1.54) is 0 Å². The molecule has 3 rings (SSSR count). The normalized spacial score (nSPS) is 16.5. The first-order chi connectivity index (χ1) is 10.2. The van der Waals surface area contributed by atoms with Gasteiger partial charge in [-0.1, -0.05) is 15.9 Å². The Labute approximate surface area is 132 Å². The molecule has 0 saturated heterocycles. The summed E-state index contributed by atoms with van der Waals surface area (Å²) in [6, 6.07) is 6.19. The van der Waals surface area contributed by atoms with Crippen molar-refractivity contribution in [1.29, 1.82) is 0 Å². The lowest BCUT2D eigenvalue weighted by molar-refractivity contribution is 0.154. The summed E-state index contributed by atoms with van der Waals surface area (Å²) in [5.74, 6) is 1.97. The SMILES string of the molecule is COc1ccc(Br)cc1C(CN)N1CCn2ccnc2C1. The molecule has 112 valence electrons. The summed E-state index contributed by atoms with van der Waals surface area (Å²) in [4.78, 5) is 6.79. The molecular weight excluding hydrogens is 332 g/mol. The van der Waals surface area contributed by atoms with Crippen LogP contribution in [0.4, 0.5) is 0 Å². The Bertz CT molecular complexity index is 628. The Morgan fingerprint density at radius 3 is 3.05 bits per heavy atom. The lowest BCUT2D eigenvalue weighted by atomic mass is 10.0. The molecule has 1 aromatic heterocycles. The topological polar surface area (TPSA) is 56.3 Å². The molecule has 1 atom stereocenters. The van der Waals surface area contributed by atoms with Crippen molar-refractivity contribution in [2.24, 2.45) is 5.73 Å². The zero-order valence-electron chi connectivity index (χ0n) is 12.0. The van der Waals surface area contributed by atoms with E-state index in [4.69, 9.17) is 10.5 Å². The van der Waals surface area contributed by atoms with Gasteiger partial charge in [0, 0.05) is 42.1 Å². The van der Waals surface area contributed by atoms with Crippen molar-refractivity contribution in [3.63, 3.8) is 0 Å². The molecule has 5 nitrogen and oxygen atoms in total. The fourth-order valence-electron chi connectivity index (χ4n) is 2.90. The average Bonchev–Trinajstić information content (AvgIpc) is 2.96. The van der Waals surface area contributed by atoms with Gasteiger partial charge in [0.05, 0.1) is 19.7 Å². The number of fused-ring (bicyclic) bond motifs is 1. The smallest absolute Gasteiger partial charge is 0.123 e. The van der Waals surface area contributed by atoms with Crippen molar-refractivity contribution >= 4 is 15.9 Å². The molecule has 1 aromatic carbocycles. The van der Waals surface area contributed by atoms with Crippen LogP contribution in [0.15, 0.2) is 35.1 Å². The van der Waals surface area contributed by atoms with Gasteiger partial charge in [-0.3, -0.25) is 4.90 Å². The third kappa shape index (κ3) is 2.84. The van der Waals surface area contributed by atoms with Gasteiger partial charge < -0.3 is 15.0 Å². The van der Waals surface area contributed by atoms with Crippen LogP contribution in [0.3, 0.4) is 0 Å². The molecule has 0 spiro atoms. The molecule has 0 fully saturated rings. The Morgan fingerprint density at radius 1 is 1.43 bits per heavy atom. The van der Waals surface area contributed by atoms with E-state index in [9.17, 15) is 0 Å². The highest BCUT2D eigenvalue weighted by Crippen LogP contribution is 2.33. The maximum atomic E-state index is 6.06. The second kappa shape index (κ2) is 6.17. The van der Waals surface area contributed by atoms with Crippen molar-refractivity contribution in [3.8, 4) is 5.75 Å².